The lowest BCUT2D eigenvalue weighted by molar-refractivity contribution is 0.0963. The van der Waals surface area contributed by atoms with E-state index in [0.29, 0.717) is 5.56 Å². The molecule has 1 aromatic rings. The van der Waals surface area contributed by atoms with Crippen LogP contribution in [-0.2, 0) is 6.42 Å². The molecule has 0 aliphatic rings. The Hall–Kier alpha value is -1.77. The van der Waals surface area contributed by atoms with Gasteiger partial charge in [-0.2, -0.15) is 0 Å². The lowest BCUT2D eigenvalue weighted by Crippen LogP contribution is -2.18. The van der Waals surface area contributed by atoms with Crippen molar-refractivity contribution < 1.29 is 9.53 Å². The topological polar surface area (TPSA) is 38.3 Å². The molecule has 1 rings (SSSR count). The van der Waals surface area contributed by atoms with Gasteiger partial charge in [0.25, 0.3) is 5.91 Å². The predicted molar refractivity (Wildman–Crippen MR) is 69.5 cm³/mol. The molecule has 0 saturated carbocycles. The van der Waals surface area contributed by atoms with Gasteiger partial charge in [-0.25, -0.2) is 0 Å². The Bertz CT molecular complexity index is 436. The van der Waals surface area contributed by atoms with Crippen LogP contribution in [0.2, 0.25) is 0 Å². The van der Waals surface area contributed by atoms with Gasteiger partial charge in [-0.3, -0.25) is 4.79 Å². The van der Waals surface area contributed by atoms with E-state index in [9.17, 15) is 4.79 Å². The van der Waals surface area contributed by atoms with Crippen LogP contribution >= 0.6 is 0 Å². The maximum absolute atomic E-state index is 11.6. The molecule has 0 bridgehead atoms. The lowest BCUT2D eigenvalue weighted by atomic mass is 10.0. The summed E-state index contributed by atoms with van der Waals surface area (Å²) in [4.78, 5) is 11.6. The molecular formula is C14H19NO2. The van der Waals surface area contributed by atoms with Crippen molar-refractivity contribution in [2.75, 3.05) is 14.2 Å². The monoisotopic (exact) mass is 233 g/mol. The molecule has 17 heavy (non-hydrogen) atoms. The van der Waals surface area contributed by atoms with Crippen molar-refractivity contribution in [2.24, 2.45) is 0 Å². The zero-order chi connectivity index (χ0) is 12.8. The maximum atomic E-state index is 11.6. The van der Waals surface area contributed by atoms with E-state index in [4.69, 9.17) is 4.74 Å². The summed E-state index contributed by atoms with van der Waals surface area (Å²) in [5.74, 6) is 0.742. The van der Waals surface area contributed by atoms with E-state index in [1.54, 1.807) is 20.2 Å². The second-order valence-electron chi connectivity index (χ2n) is 3.92. The molecule has 0 heterocycles. The van der Waals surface area contributed by atoms with Crippen molar-refractivity contribution in [1.82, 2.24) is 5.32 Å². The minimum absolute atomic E-state index is 0.0768. The molecule has 1 N–H and O–H groups in total. The van der Waals surface area contributed by atoms with E-state index in [-0.39, 0.29) is 5.91 Å². The first-order valence-electron chi connectivity index (χ1n) is 5.63. The zero-order valence-corrected chi connectivity index (χ0v) is 10.8. The first kappa shape index (κ1) is 13.3. The van der Waals surface area contributed by atoms with Gasteiger partial charge in [-0.05, 0) is 44.0 Å². The smallest absolute Gasteiger partial charge is 0.251 e. The fraction of sp³-hybridized carbons (Fsp3) is 0.357. The van der Waals surface area contributed by atoms with Gasteiger partial charge >= 0.3 is 0 Å². The molecule has 3 nitrogen and oxygen atoms in total. The highest BCUT2D eigenvalue weighted by Gasteiger charge is 2.09. The fourth-order valence-corrected chi connectivity index (χ4v) is 1.60. The molecule has 0 fully saturated rings. The van der Waals surface area contributed by atoms with Gasteiger partial charge in [-0.1, -0.05) is 11.6 Å². The van der Waals surface area contributed by atoms with Gasteiger partial charge in [0, 0.05) is 12.6 Å². The molecule has 0 aliphatic heterocycles. The number of amides is 1. The number of methoxy groups -OCH3 is 1. The van der Waals surface area contributed by atoms with Crippen molar-refractivity contribution in [3.8, 4) is 5.75 Å². The lowest BCUT2D eigenvalue weighted by Gasteiger charge is -2.10. The molecule has 0 radical (unpaired) electrons. The molecule has 0 spiro atoms. The number of hydrogen-bond acceptors (Lipinski definition) is 2. The van der Waals surface area contributed by atoms with Crippen LogP contribution in [-0.4, -0.2) is 20.1 Å². The number of rotatable bonds is 4. The number of nitrogens with one attached hydrogen (secondary N) is 1. The molecule has 0 unspecified atom stereocenters. The maximum Gasteiger partial charge on any atom is 0.251 e. The minimum Gasteiger partial charge on any atom is -0.496 e. The summed E-state index contributed by atoms with van der Waals surface area (Å²) in [6.45, 7) is 4.07. The van der Waals surface area contributed by atoms with Gasteiger partial charge < -0.3 is 10.1 Å². The van der Waals surface area contributed by atoms with Crippen LogP contribution in [0.4, 0.5) is 0 Å². The highest BCUT2D eigenvalue weighted by Crippen LogP contribution is 2.22. The third kappa shape index (κ3) is 3.34. The summed E-state index contributed by atoms with van der Waals surface area (Å²) in [5, 5.41) is 2.62. The van der Waals surface area contributed by atoms with Gasteiger partial charge in [0.15, 0.2) is 0 Å². The number of benzene rings is 1. The van der Waals surface area contributed by atoms with Crippen molar-refractivity contribution in [1.29, 1.82) is 0 Å². The summed E-state index contributed by atoms with van der Waals surface area (Å²) in [6, 6.07) is 5.49. The van der Waals surface area contributed by atoms with Crippen LogP contribution in [0.5, 0.6) is 5.75 Å². The molecule has 92 valence electrons. The van der Waals surface area contributed by atoms with Crippen LogP contribution in [0.3, 0.4) is 0 Å². The molecule has 1 aromatic carbocycles. The Balaban J connectivity index is 3.10. The minimum atomic E-state index is -0.0768. The quantitative estimate of drug-likeness (QED) is 0.812. The van der Waals surface area contributed by atoms with Crippen LogP contribution in [0, 0.1) is 0 Å². The first-order valence-corrected chi connectivity index (χ1v) is 5.63. The van der Waals surface area contributed by atoms with Crippen LogP contribution in [0.1, 0.15) is 29.8 Å². The number of allylic oxidation sites excluding steroid dienone is 2. The normalized spacial score (nSPS) is 11.2. The third-order valence-corrected chi connectivity index (χ3v) is 2.73. The Labute approximate surface area is 102 Å². The third-order valence-electron chi connectivity index (χ3n) is 2.73. The van der Waals surface area contributed by atoms with Crippen molar-refractivity contribution in [2.45, 2.75) is 20.3 Å². The average Bonchev–Trinajstić information content (AvgIpc) is 2.37. The zero-order valence-electron chi connectivity index (χ0n) is 10.8. The van der Waals surface area contributed by atoms with Crippen molar-refractivity contribution in [3.63, 3.8) is 0 Å². The molecule has 0 saturated heterocycles. The number of carbonyl (C=O) groups excluding carboxylic acids is 1. The van der Waals surface area contributed by atoms with Crippen molar-refractivity contribution >= 4 is 5.91 Å². The van der Waals surface area contributed by atoms with Crippen LogP contribution in [0.15, 0.2) is 29.8 Å². The highest BCUT2D eigenvalue weighted by molar-refractivity contribution is 5.94. The second kappa shape index (κ2) is 6.09. The SMILES string of the molecule is C/C=C(\C)Cc1cc(C(=O)NC)ccc1OC. The van der Waals surface area contributed by atoms with E-state index >= 15 is 0 Å². The number of ether oxygens (including phenoxy) is 1. The van der Waals surface area contributed by atoms with Crippen LogP contribution < -0.4 is 10.1 Å². The van der Waals surface area contributed by atoms with Gasteiger partial charge in [0.1, 0.15) is 5.75 Å². The molecule has 3 heteroatoms. The second-order valence-corrected chi connectivity index (χ2v) is 3.92. The summed E-state index contributed by atoms with van der Waals surface area (Å²) in [5.41, 5.74) is 2.94. The predicted octanol–water partition coefficient (Wildman–Crippen LogP) is 2.56. The standard InChI is InChI=1S/C14H19NO2/c1-5-10(2)8-12-9-11(14(16)15-3)6-7-13(12)17-4/h5-7,9H,8H2,1-4H3,(H,15,16)/b10-5+. The Morgan fingerprint density at radius 2 is 2.18 bits per heavy atom. The fourth-order valence-electron chi connectivity index (χ4n) is 1.60. The Morgan fingerprint density at radius 1 is 1.47 bits per heavy atom. The molecule has 0 aromatic heterocycles. The summed E-state index contributed by atoms with van der Waals surface area (Å²) in [7, 11) is 3.27. The van der Waals surface area contributed by atoms with E-state index < -0.39 is 0 Å². The first-order chi connectivity index (χ1) is 8.12. The highest BCUT2D eigenvalue weighted by atomic mass is 16.5. The largest absolute Gasteiger partial charge is 0.496 e. The average molecular weight is 233 g/mol. The summed E-state index contributed by atoms with van der Waals surface area (Å²) >= 11 is 0. The number of hydrogen-bond donors (Lipinski definition) is 1. The van der Waals surface area contributed by atoms with E-state index in [1.165, 1.54) is 5.57 Å². The number of carbonyl (C=O) groups is 1. The van der Waals surface area contributed by atoms with Gasteiger partial charge in [0.05, 0.1) is 7.11 Å². The Kier molecular flexibility index (Phi) is 4.76. The van der Waals surface area contributed by atoms with Crippen molar-refractivity contribution in [3.05, 3.63) is 41.0 Å². The summed E-state index contributed by atoms with van der Waals surface area (Å²) < 4.78 is 5.30. The molecule has 1 amide bonds. The van der Waals surface area contributed by atoms with Crippen LogP contribution in [0.25, 0.3) is 0 Å². The summed E-state index contributed by atoms with van der Waals surface area (Å²) in [6.07, 6.45) is 2.86. The molecule has 0 atom stereocenters. The van der Waals surface area contributed by atoms with E-state index in [0.717, 1.165) is 17.7 Å². The van der Waals surface area contributed by atoms with E-state index in [2.05, 4.69) is 18.3 Å². The van der Waals surface area contributed by atoms with Gasteiger partial charge in [0.2, 0.25) is 0 Å². The van der Waals surface area contributed by atoms with E-state index in [1.807, 2.05) is 19.1 Å². The molecule has 0 aliphatic carbocycles. The van der Waals surface area contributed by atoms with Gasteiger partial charge in [-0.15, -0.1) is 0 Å². The Morgan fingerprint density at radius 3 is 2.71 bits per heavy atom. The molecular weight excluding hydrogens is 214 g/mol.